The molecule has 1 aliphatic rings. The van der Waals surface area contributed by atoms with Gasteiger partial charge < -0.3 is 20.4 Å². The Bertz CT molecular complexity index is 1060. The Morgan fingerprint density at radius 1 is 1.09 bits per heavy atom. The van der Waals surface area contributed by atoms with E-state index in [-0.39, 0.29) is 41.0 Å². The van der Waals surface area contributed by atoms with Crippen molar-refractivity contribution in [3.05, 3.63) is 71.4 Å². The molecule has 1 saturated heterocycles. The maximum Gasteiger partial charge on any atom is 0.191 e. The van der Waals surface area contributed by atoms with E-state index in [0.29, 0.717) is 32.3 Å². The van der Waals surface area contributed by atoms with Gasteiger partial charge in [-0.15, -0.1) is 24.0 Å². The number of fused-ring (bicyclic) bond motifs is 1. The third kappa shape index (κ3) is 5.58. The molecular weight excluding hydrogens is 525 g/mol. The highest BCUT2D eigenvalue weighted by atomic mass is 127. The molecule has 3 N–H and O–H groups in total. The molecule has 3 aromatic rings. The fourth-order valence-corrected chi connectivity index (χ4v) is 4.29. The molecule has 0 atom stereocenters. The minimum absolute atomic E-state index is 0. The highest BCUT2D eigenvalue weighted by Crippen LogP contribution is 2.34. The van der Waals surface area contributed by atoms with Crippen molar-refractivity contribution in [3.63, 3.8) is 0 Å². The minimum atomic E-state index is -0.238. The molecule has 1 aromatic heterocycles. The van der Waals surface area contributed by atoms with Crippen LogP contribution in [-0.2, 0) is 16.6 Å². The van der Waals surface area contributed by atoms with E-state index in [4.69, 9.17) is 4.74 Å². The number of nitrogens with one attached hydrogen (secondary N) is 3. The summed E-state index contributed by atoms with van der Waals surface area (Å²) in [5, 5.41) is 7.65. The molecule has 32 heavy (non-hydrogen) atoms. The normalized spacial score (nSPS) is 15.9. The van der Waals surface area contributed by atoms with Gasteiger partial charge in [-0.25, -0.2) is 8.78 Å². The standard InChI is InChI=1S/C24H28F2N4O.HI/c1-27-23(28-10-7-17-15-29-22-6-5-20(26)14-21(17)22)30-16-24(8-11-31-12-9-24)18-3-2-4-19(25)13-18;/h2-6,13-15,29H,7-12,16H2,1H3,(H2,27,28,30);1H. The van der Waals surface area contributed by atoms with E-state index >= 15 is 0 Å². The molecule has 5 nitrogen and oxygen atoms in total. The summed E-state index contributed by atoms with van der Waals surface area (Å²) >= 11 is 0. The van der Waals surface area contributed by atoms with E-state index in [1.165, 1.54) is 12.1 Å². The molecule has 0 unspecified atom stereocenters. The van der Waals surface area contributed by atoms with E-state index in [9.17, 15) is 8.78 Å². The summed E-state index contributed by atoms with van der Waals surface area (Å²) in [6.45, 7) is 2.60. The molecule has 0 amide bonds. The molecule has 2 heterocycles. The number of hydrogen-bond donors (Lipinski definition) is 3. The molecule has 1 aliphatic heterocycles. The van der Waals surface area contributed by atoms with Crippen LogP contribution in [0, 0.1) is 11.6 Å². The summed E-state index contributed by atoms with van der Waals surface area (Å²) in [7, 11) is 1.73. The number of aromatic nitrogens is 1. The van der Waals surface area contributed by atoms with E-state index in [2.05, 4.69) is 20.6 Å². The van der Waals surface area contributed by atoms with Gasteiger partial charge in [0.1, 0.15) is 11.6 Å². The van der Waals surface area contributed by atoms with Gasteiger partial charge in [0.05, 0.1) is 0 Å². The second-order valence-electron chi connectivity index (χ2n) is 8.01. The zero-order chi connectivity index (χ0) is 21.7. The first-order valence-corrected chi connectivity index (χ1v) is 10.6. The lowest BCUT2D eigenvalue weighted by Crippen LogP contribution is -2.48. The number of guanidine groups is 1. The van der Waals surface area contributed by atoms with Crippen molar-refractivity contribution in [3.8, 4) is 0 Å². The van der Waals surface area contributed by atoms with E-state index < -0.39 is 0 Å². The Kier molecular flexibility index (Phi) is 8.47. The highest BCUT2D eigenvalue weighted by molar-refractivity contribution is 14.0. The Balaban J connectivity index is 0.00000289. The van der Waals surface area contributed by atoms with Crippen molar-refractivity contribution >= 4 is 40.8 Å². The zero-order valence-electron chi connectivity index (χ0n) is 18.1. The topological polar surface area (TPSA) is 61.4 Å². The number of rotatable bonds is 6. The smallest absolute Gasteiger partial charge is 0.191 e. The van der Waals surface area contributed by atoms with Crippen LogP contribution in [0.1, 0.15) is 24.0 Å². The van der Waals surface area contributed by atoms with Crippen LogP contribution in [0.15, 0.2) is 53.7 Å². The molecule has 4 rings (SSSR count). The van der Waals surface area contributed by atoms with Gasteiger partial charge in [0, 0.05) is 55.9 Å². The van der Waals surface area contributed by atoms with Crippen LogP contribution >= 0.6 is 24.0 Å². The maximum atomic E-state index is 13.9. The average molecular weight is 554 g/mol. The van der Waals surface area contributed by atoms with Gasteiger partial charge in [-0.3, -0.25) is 4.99 Å². The van der Waals surface area contributed by atoms with Crippen molar-refractivity contribution in [1.29, 1.82) is 0 Å². The van der Waals surface area contributed by atoms with Gasteiger partial charge in [-0.2, -0.15) is 0 Å². The SMILES string of the molecule is CN=C(NCCc1c[nH]c2ccc(F)cc12)NCC1(c2cccc(F)c2)CCOCC1.I. The molecule has 0 aliphatic carbocycles. The molecule has 0 spiro atoms. The van der Waals surface area contributed by atoms with Crippen LogP contribution < -0.4 is 10.6 Å². The summed E-state index contributed by atoms with van der Waals surface area (Å²) < 4.78 is 33.0. The van der Waals surface area contributed by atoms with Crippen LogP contribution in [-0.4, -0.2) is 44.3 Å². The van der Waals surface area contributed by atoms with Crippen LogP contribution in [0.5, 0.6) is 0 Å². The fourth-order valence-electron chi connectivity index (χ4n) is 4.29. The Labute approximate surface area is 204 Å². The predicted molar refractivity (Wildman–Crippen MR) is 135 cm³/mol. The molecule has 172 valence electrons. The van der Waals surface area contributed by atoms with Crippen LogP contribution in [0.3, 0.4) is 0 Å². The molecule has 2 aromatic carbocycles. The number of benzene rings is 2. The Hall–Kier alpha value is -2.20. The number of aliphatic imine (C=N–C) groups is 1. The van der Waals surface area contributed by atoms with Crippen molar-refractivity contribution in [1.82, 2.24) is 15.6 Å². The van der Waals surface area contributed by atoms with Gasteiger partial charge in [-0.1, -0.05) is 12.1 Å². The summed E-state index contributed by atoms with van der Waals surface area (Å²) in [5.41, 5.74) is 2.76. The van der Waals surface area contributed by atoms with Gasteiger partial charge in [-0.05, 0) is 60.7 Å². The van der Waals surface area contributed by atoms with E-state index in [1.54, 1.807) is 31.3 Å². The summed E-state index contributed by atoms with van der Waals surface area (Å²) in [5.74, 6) is 0.229. The second kappa shape index (κ2) is 11.1. The fraction of sp³-hybridized carbons (Fsp3) is 0.375. The number of nitrogens with zero attached hydrogens (tertiary/aromatic N) is 1. The Morgan fingerprint density at radius 3 is 2.62 bits per heavy atom. The lowest BCUT2D eigenvalue weighted by atomic mass is 9.74. The summed E-state index contributed by atoms with van der Waals surface area (Å²) in [6.07, 6.45) is 4.29. The van der Waals surface area contributed by atoms with E-state index in [1.807, 2.05) is 12.3 Å². The molecule has 0 saturated carbocycles. The van der Waals surface area contributed by atoms with Gasteiger partial charge >= 0.3 is 0 Å². The second-order valence-corrected chi connectivity index (χ2v) is 8.01. The molecule has 0 bridgehead atoms. The highest BCUT2D eigenvalue weighted by Gasteiger charge is 2.34. The van der Waals surface area contributed by atoms with Gasteiger partial charge in [0.2, 0.25) is 0 Å². The van der Waals surface area contributed by atoms with Crippen molar-refractivity contribution in [2.24, 2.45) is 4.99 Å². The average Bonchev–Trinajstić information content (AvgIpc) is 3.18. The van der Waals surface area contributed by atoms with Crippen LogP contribution in [0.2, 0.25) is 0 Å². The number of aromatic amines is 1. The third-order valence-electron chi connectivity index (χ3n) is 6.12. The van der Waals surface area contributed by atoms with Crippen molar-refractivity contribution < 1.29 is 13.5 Å². The minimum Gasteiger partial charge on any atom is -0.381 e. The summed E-state index contributed by atoms with van der Waals surface area (Å²) in [4.78, 5) is 7.51. The third-order valence-corrected chi connectivity index (χ3v) is 6.12. The first-order chi connectivity index (χ1) is 15.1. The lowest BCUT2D eigenvalue weighted by Gasteiger charge is -2.38. The van der Waals surface area contributed by atoms with Crippen LogP contribution in [0.25, 0.3) is 10.9 Å². The first-order valence-electron chi connectivity index (χ1n) is 10.6. The number of ether oxygens (including phenoxy) is 1. The van der Waals surface area contributed by atoms with Gasteiger partial charge in [0.15, 0.2) is 5.96 Å². The van der Waals surface area contributed by atoms with Crippen molar-refractivity contribution in [2.75, 3.05) is 33.4 Å². The lowest BCUT2D eigenvalue weighted by molar-refractivity contribution is 0.0513. The predicted octanol–water partition coefficient (Wildman–Crippen LogP) is 4.52. The number of hydrogen-bond acceptors (Lipinski definition) is 2. The Morgan fingerprint density at radius 2 is 1.88 bits per heavy atom. The van der Waals surface area contributed by atoms with E-state index in [0.717, 1.165) is 41.3 Å². The molecule has 0 radical (unpaired) electrons. The maximum absolute atomic E-state index is 13.9. The number of halogens is 3. The zero-order valence-corrected chi connectivity index (χ0v) is 20.4. The first kappa shape index (κ1) is 24.4. The quantitative estimate of drug-likeness (QED) is 0.239. The molecular formula is C24H29F2IN4O. The summed E-state index contributed by atoms with van der Waals surface area (Å²) in [6, 6.07) is 11.6. The van der Waals surface area contributed by atoms with Gasteiger partial charge in [0.25, 0.3) is 0 Å². The largest absolute Gasteiger partial charge is 0.381 e. The van der Waals surface area contributed by atoms with Crippen molar-refractivity contribution in [2.45, 2.75) is 24.7 Å². The van der Waals surface area contributed by atoms with Crippen LogP contribution in [0.4, 0.5) is 8.78 Å². The number of H-pyrrole nitrogens is 1. The molecule has 1 fully saturated rings. The monoisotopic (exact) mass is 554 g/mol. The molecule has 8 heteroatoms.